The van der Waals surface area contributed by atoms with Gasteiger partial charge in [-0.2, -0.15) is 0 Å². The second-order valence-electron chi connectivity index (χ2n) is 5.51. The summed E-state index contributed by atoms with van der Waals surface area (Å²) >= 11 is 0. The first kappa shape index (κ1) is 11.4. The van der Waals surface area contributed by atoms with Crippen molar-refractivity contribution < 1.29 is 14.6 Å². The Morgan fingerprint density at radius 1 is 1.44 bits per heavy atom. The zero-order valence-corrected chi connectivity index (χ0v) is 10.4. The van der Waals surface area contributed by atoms with E-state index < -0.39 is 0 Å². The highest BCUT2D eigenvalue weighted by Gasteiger charge is 2.42. The lowest BCUT2D eigenvalue weighted by Crippen LogP contribution is -2.49. The van der Waals surface area contributed by atoms with E-state index in [1.807, 2.05) is 19.1 Å². The van der Waals surface area contributed by atoms with Crippen LogP contribution in [-0.4, -0.2) is 23.3 Å². The van der Waals surface area contributed by atoms with Gasteiger partial charge in [0.1, 0.15) is 12.4 Å². The zero-order valence-electron chi connectivity index (χ0n) is 10.4. The van der Waals surface area contributed by atoms with Gasteiger partial charge in [-0.25, -0.2) is 4.79 Å². The van der Waals surface area contributed by atoms with E-state index in [1.54, 1.807) is 6.07 Å². The van der Waals surface area contributed by atoms with Crippen LogP contribution in [0.15, 0.2) is 18.2 Å². The second kappa shape index (κ2) is 3.90. The lowest BCUT2D eigenvalue weighted by molar-refractivity contribution is 0.161. The molecule has 3 rings (SSSR count). The number of hydrogen-bond acceptors (Lipinski definition) is 3. The Morgan fingerprint density at radius 2 is 2.28 bits per heavy atom. The third-order valence-corrected chi connectivity index (χ3v) is 4.21. The number of carbonyl (C=O) groups excluding carboxylic acids is 1. The standard InChI is InChI=1S/C14H17NO3/c1-14(8-18-13(17)15-14)11-4-2-10-7-12(16)5-3-9(10)6-11/h3,5,7,11,16H,2,4,6,8H2,1H3,(H,15,17)/t11-,14-/m1/s1. The summed E-state index contributed by atoms with van der Waals surface area (Å²) in [6, 6.07) is 5.56. The number of alkyl carbamates (subject to hydrolysis) is 1. The van der Waals surface area contributed by atoms with Crippen molar-refractivity contribution in [3.05, 3.63) is 29.3 Å². The molecule has 1 saturated heterocycles. The van der Waals surface area contributed by atoms with E-state index in [4.69, 9.17) is 4.74 Å². The van der Waals surface area contributed by atoms with Crippen molar-refractivity contribution in [2.45, 2.75) is 31.7 Å². The number of phenolic OH excluding ortho intramolecular Hbond substituents is 1. The summed E-state index contributed by atoms with van der Waals surface area (Å²) in [5.41, 5.74) is 2.23. The van der Waals surface area contributed by atoms with E-state index in [9.17, 15) is 9.90 Å². The molecule has 0 spiro atoms. The van der Waals surface area contributed by atoms with Crippen molar-refractivity contribution in [3.63, 3.8) is 0 Å². The van der Waals surface area contributed by atoms with Gasteiger partial charge in [-0.3, -0.25) is 0 Å². The first-order valence-corrected chi connectivity index (χ1v) is 6.32. The fraction of sp³-hybridized carbons (Fsp3) is 0.500. The molecule has 96 valence electrons. The van der Waals surface area contributed by atoms with Gasteiger partial charge in [-0.1, -0.05) is 6.07 Å². The number of fused-ring (bicyclic) bond motifs is 1. The maximum absolute atomic E-state index is 11.2. The van der Waals surface area contributed by atoms with Gasteiger partial charge in [-0.15, -0.1) is 0 Å². The third-order valence-electron chi connectivity index (χ3n) is 4.21. The molecule has 1 aromatic carbocycles. The molecule has 1 amide bonds. The number of nitrogens with one attached hydrogen (secondary N) is 1. The molecular weight excluding hydrogens is 230 g/mol. The summed E-state index contributed by atoms with van der Waals surface area (Å²) in [6.45, 7) is 2.50. The predicted molar refractivity (Wildman–Crippen MR) is 66.5 cm³/mol. The largest absolute Gasteiger partial charge is 0.508 e. The van der Waals surface area contributed by atoms with E-state index in [2.05, 4.69) is 5.32 Å². The summed E-state index contributed by atoms with van der Waals surface area (Å²) in [7, 11) is 0. The van der Waals surface area contributed by atoms with E-state index in [0.29, 0.717) is 18.3 Å². The minimum atomic E-state index is -0.311. The Bertz CT molecular complexity index is 500. The van der Waals surface area contributed by atoms with Gasteiger partial charge < -0.3 is 15.2 Å². The minimum Gasteiger partial charge on any atom is -0.508 e. The number of benzene rings is 1. The predicted octanol–water partition coefficient (Wildman–Crippen LogP) is 2.00. The van der Waals surface area contributed by atoms with E-state index in [1.165, 1.54) is 11.1 Å². The van der Waals surface area contributed by atoms with Crippen LogP contribution in [0.3, 0.4) is 0 Å². The summed E-state index contributed by atoms with van der Waals surface area (Å²) in [6.07, 6.45) is 2.57. The number of ether oxygens (including phenoxy) is 1. The first-order valence-electron chi connectivity index (χ1n) is 6.32. The smallest absolute Gasteiger partial charge is 0.407 e. The average molecular weight is 247 g/mol. The van der Waals surface area contributed by atoms with Crippen LogP contribution < -0.4 is 5.32 Å². The molecule has 0 radical (unpaired) electrons. The minimum absolute atomic E-state index is 0.257. The number of carbonyl (C=O) groups is 1. The second-order valence-corrected chi connectivity index (χ2v) is 5.51. The number of rotatable bonds is 1. The van der Waals surface area contributed by atoms with Crippen molar-refractivity contribution >= 4 is 6.09 Å². The molecule has 1 aromatic rings. The number of hydrogen-bond donors (Lipinski definition) is 2. The molecule has 0 bridgehead atoms. The van der Waals surface area contributed by atoms with Gasteiger partial charge in [0, 0.05) is 0 Å². The monoisotopic (exact) mass is 247 g/mol. The fourth-order valence-electron chi connectivity index (χ4n) is 3.03. The lowest BCUT2D eigenvalue weighted by Gasteiger charge is -2.35. The molecule has 4 nitrogen and oxygen atoms in total. The van der Waals surface area contributed by atoms with Crippen molar-refractivity contribution in [1.29, 1.82) is 0 Å². The first-order chi connectivity index (χ1) is 8.57. The van der Waals surface area contributed by atoms with Crippen molar-refractivity contribution in [1.82, 2.24) is 5.32 Å². The summed E-state index contributed by atoms with van der Waals surface area (Å²) < 4.78 is 5.04. The Morgan fingerprint density at radius 3 is 3.00 bits per heavy atom. The Kier molecular flexibility index (Phi) is 2.47. The van der Waals surface area contributed by atoms with Gasteiger partial charge in [0.15, 0.2) is 0 Å². The van der Waals surface area contributed by atoms with E-state index in [-0.39, 0.29) is 11.6 Å². The number of aromatic hydroxyl groups is 1. The SMILES string of the molecule is C[C@]1([C@@H]2CCc3cc(O)ccc3C2)COC(=O)N1. The number of amides is 1. The maximum Gasteiger partial charge on any atom is 0.407 e. The normalized spacial score (nSPS) is 30.5. The molecular formula is C14H17NO3. The molecule has 18 heavy (non-hydrogen) atoms. The van der Waals surface area contributed by atoms with Gasteiger partial charge in [0.2, 0.25) is 0 Å². The number of aryl methyl sites for hydroxylation is 1. The van der Waals surface area contributed by atoms with Gasteiger partial charge >= 0.3 is 6.09 Å². The van der Waals surface area contributed by atoms with Crippen molar-refractivity contribution in [2.75, 3.05) is 6.61 Å². The van der Waals surface area contributed by atoms with Gasteiger partial charge in [-0.05, 0) is 55.4 Å². The van der Waals surface area contributed by atoms with Crippen LogP contribution in [0.25, 0.3) is 0 Å². The topological polar surface area (TPSA) is 58.6 Å². The molecule has 2 N–H and O–H groups in total. The Hall–Kier alpha value is -1.71. The fourth-order valence-corrected chi connectivity index (χ4v) is 3.03. The molecule has 0 aromatic heterocycles. The van der Waals surface area contributed by atoms with E-state index >= 15 is 0 Å². The van der Waals surface area contributed by atoms with Crippen LogP contribution >= 0.6 is 0 Å². The van der Waals surface area contributed by atoms with Crippen LogP contribution in [0.4, 0.5) is 4.79 Å². The van der Waals surface area contributed by atoms with Crippen LogP contribution in [0.2, 0.25) is 0 Å². The third kappa shape index (κ3) is 1.82. The van der Waals surface area contributed by atoms with Crippen LogP contribution in [0.1, 0.15) is 24.5 Å². The average Bonchev–Trinajstić information content (AvgIpc) is 2.70. The molecule has 2 aliphatic rings. The Labute approximate surface area is 106 Å². The van der Waals surface area contributed by atoms with E-state index in [0.717, 1.165) is 19.3 Å². The maximum atomic E-state index is 11.2. The van der Waals surface area contributed by atoms with Crippen molar-refractivity contribution in [3.8, 4) is 5.75 Å². The van der Waals surface area contributed by atoms with Crippen LogP contribution in [0.5, 0.6) is 5.75 Å². The molecule has 0 unspecified atom stereocenters. The summed E-state index contributed by atoms with van der Waals surface area (Å²) in [5, 5.41) is 12.4. The lowest BCUT2D eigenvalue weighted by atomic mass is 9.74. The quantitative estimate of drug-likeness (QED) is 0.798. The highest BCUT2D eigenvalue weighted by molar-refractivity contribution is 5.70. The van der Waals surface area contributed by atoms with Crippen molar-refractivity contribution in [2.24, 2.45) is 5.92 Å². The molecule has 0 saturated carbocycles. The number of cyclic esters (lactones) is 1. The molecule has 4 heteroatoms. The summed E-state index contributed by atoms with van der Waals surface area (Å²) in [5.74, 6) is 0.719. The number of phenols is 1. The summed E-state index contributed by atoms with van der Waals surface area (Å²) in [4.78, 5) is 11.2. The zero-order chi connectivity index (χ0) is 12.8. The highest BCUT2D eigenvalue weighted by Crippen LogP contribution is 2.35. The molecule has 1 fully saturated rings. The highest BCUT2D eigenvalue weighted by atomic mass is 16.6. The van der Waals surface area contributed by atoms with Crippen LogP contribution in [0, 0.1) is 5.92 Å². The molecule has 1 heterocycles. The Balaban J connectivity index is 1.83. The van der Waals surface area contributed by atoms with Crippen LogP contribution in [-0.2, 0) is 17.6 Å². The van der Waals surface area contributed by atoms with Gasteiger partial charge in [0.25, 0.3) is 0 Å². The molecule has 1 aliphatic heterocycles. The van der Waals surface area contributed by atoms with Gasteiger partial charge in [0.05, 0.1) is 5.54 Å². The molecule has 1 aliphatic carbocycles. The molecule has 2 atom stereocenters.